The lowest BCUT2D eigenvalue weighted by Crippen LogP contribution is -1.86. The summed E-state index contributed by atoms with van der Waals surface area (Å²) in [7, 11) is 0. The number of rotatable bonds is 5. The Morgan fingerprint density at radius 1 is 1.45 bits per heavy atom. The first kappa shape index (κ1) is 10.7. The van der Waals surface area contributed by atoms with Crippen LogP contribution in [-0.2, 0) is 4.79 Å². The van der Waals surface area contributed by atoms with E-state index in [-0.39, 0.29) is 5.24 Å². The molecule has 0 aromatic heterocycles. The summed E-state index contributed by atoms with van der Waals surface area (Å²) < 4.78 is 0. The average Bonchev–Trinajstić information content (AvgIpc) is 1.97. The van der Waals surface area contributed by atoms with E-state index in [1.807, 2.05) is 6.08 Å². The summed E-state index contributed by atoms with van der Waals surface area (Å²) in [5.41, 5.74) is 0.669. The molecule has 0 saturated carbocycles. The third-order valence-corrected chi connectivity index (χ3v) is 1.87. The van der Waals surface area contributed by atoms with E-state index in [0.717, 1.165) is 12.8 Å². The third kappa shape index (κ3) is 6.11. The minimum atomic E-state index is -0.332. The number of allylic oxidation sites excluding steroid dienone is 2. The Morgan fingerprint density at radius 3 is 2.55 bits per heavy atom. The fourth-order valence-corrected chi connectivity index (χ4v) is 0.870. The molecule has 0 atom stereocenters. The van der Waals surface area contributed by atoms with Crippen LogP contribution in [0.4, 0.5) is 0 Å². The molecule has 64 valence electrons. The van der Waals surface area contributed by atoms with Crippen molar-refractivity contribution < 1.29 is 4.79 Å². The van der Waals surface area contributed by atoms with Crippen molar-refractivity contribution >= 4 is 16.8 Å². The topological polar surface area (TPSA) is 17.1 Å². The summed E-state index contributed by atoms with van der Waals surface area (Å²) in [6.45, 7) is 3.91. The smallest absolute Gasteiger partial charge is 0.247 e. The Hall–Kier alpha value is -0.300. The lowest BCUT2D eigenvalue weighted by Gasteiger charge is -1.93. The molecule has 0 aliphatic rings. The number of hydrogen-bond acceptors (Lipinski definition) is 1. The minimum absolute atomic E-state index is 0.332. The molecule has 0 bridgehead atoms. The SMILES string of the molecule is CCCCCC=C(C)C(=O)Cl. The summed E-state index contributed by atoms with van der Waals surface area (Å²) in [6, 6.07) is 0. The normalized spacial score (nSPS) is 11.7. The largest absolute Gasteiger partial charge is 0.276 e. The third-order valence-electron chi connectivity index (χ3n) is 1.57. The van der Waals surface area contributed by atoms with E-state index >= 15 is 0 Å². The minimum Gasteiger partial charge on any atom is -0.276 e. The van der Waals surface area contributed by atoms with E-state index < -0.39 is 0 Å². The number of hydrogen-bond donors (Lipinski definition) is 0. The molecule has 0 saturated heterocycles. The van der Waals surface area contributed by atoms with E-state index in [2.05, 4.69) is 6.92 Å². The highest BCUT2D eigenvalue weighted by Crippen LogP contribution is 2.05. The monoisotopic (exact) mass is 174 g/mol. The highest BCUT2D eigenvalue weighted by Gasteiger charge is 1.96. The molecule has 0 aromatic rings. The summed E-state index contributed by atoms with van der Waals surface area (Å²) >= 11 is 5.23. The quantitative estimate of drug-likeness (QED) is 0.355. The maximum Gasteiger partial charge on any atom is 0.247 e. The van der Waals surface area contributed by atoms with Crippen LogP contribution in [0, 0.1) is 0 Å². The molecule has 0 heterocycles. The molecule has 0 unspecified atom stereocenters. The van der Waals surface area contributed by atoms with Crippen molar-refractivity contribution in [3.8, 4) is 0 Å². The second-order valence-electron chi connectivity index (χ2n) is 2.66. The lowest BCUT2D eigenvalue weighted by atomic mass is 10.1. The second kappa shape index (κ2) is 6.41. The van der Waals surface area contributed by atoms with Crippen molar-refractivity contribution in [2.75, 3.05) is 0 Å². The fraction of sp³-hybridized carbons (Fsp3) is 0.667. The van der Waals surface area contributed by atoms with E-state index in [1.165, 1.54) is 12.8 Å². The van der Waals surface area contributed by atoms with Gasteiger partial charge in [-0.2, -0.15) is 0 Å². The highest BCUT2D eigenvalue weighted by molar-refractivity contribution is 6.67. The van der Waals surface area contributed by atoms with Crippen LogP contribution in [0.1, 0.15) is 39.5 Å². The van der Waals surface area contributed by atoms with Gasteiger partial charge in [-0.3, -0.25) is 4.79 Å². The molecule has 0 fully saturated rings. The number of carbonyl (C=O) groups is 1. The molecular formula is C9H15ClO. The first-order valence-corrected chi connectivity index (χ1v) is 4.43. The van der Waals surface area contributed by atoms with Crippen molar-refractivity contribution in [2.45, 2.75) is 39.5 Å². The predicted molar refractivity (Wildman–Crippen MR) is 48.8 cm³/mol. The van der Waals surface area contributed by atoms with Gasteiger partial charge in [-0.1, -0.05) is 25.8 Å². The summed E-state index contributed by atoms with van der Waals surface area (Å²) in [6.07, 6.45) is 6.46. The molecule has 0 aliphatic carbocycles. The summed E-state index contributed by atoms with van der Waals surface area (Å²) in [5.74, 6) is 0. The molecule has 0 aromatic carbocycles. The van der Waals surface area contributed by atoms with Gasteiger partial charge in [-0.25, -0.2) is 0 Å². The zero-order valence-electron chi connectivity index (χ0n) is 7.19. The summed E-state index contributed by atoms with van der Waals surface area (Å²) in [4.78, 5) is 10.5. The zero-order chi connectivity index (χ0) is 8.69. The van der Waals surface area contributed by atoms with E-state index in [4.69, 9.17) is 11.6 Å². The van der Waals surface area contributed by atoms with Gasteiger partial charge >= 0.3 is 0 Å². The van der Waals surface area contributed by atoms with Crippen molar-refractivity contribution in [3.63, 3.8) is 0 Å². The van der Waals surface area contributed by atoms with Crippen molar-refractivity contribution in [1.82, 2.24) is 0 Å². The molecule has 2 heteroatoms. The molecular weight excluding hydrogens is 160 g/mol. The van der Waals surface area contributed by atoms with Gasteiger partial charge in [0, 0.05) is 5.57 Å². The first-order chi connectivity index (χ1) is 5.18. The van der Waals surface area contributed by atoms with Gasteiger partial charge in [0.2, 0.25) is 5.24 Å². The molecule has 11 heavy (non-hydrogen) atoms. The van der Waals surface area contributed by atoms with Crippen LogP contribution in [0.15, 0.2) is 11.6 Å². The standard InChI is InChI=1S/C9H15ClO/c1-3-4-5-6-7-8(2)9(10)11/h7H,3-6H2,1-2H3. The van der Waals surface area contributed by atoms with Gasteiger partial charge in [0.15, 0.2) is 0 Å². The molecule has 0 spiro atoms. The molecule has 0 N–H and O–H groups in total. The van der Waals surface area contributed by atoms with Crippen molar-refractivity contribution in [2.24, 2.45) is 0 Å². The first-order valence-electron chi connectivity index (χ1n) is 4.05. The van der Waals surface area contributed by atoms with Crippen LogP contribution in [0.2, 0.25) is 0 Å². The molecule has 0 radical (unpaired) electrons. The van der Waals surface area contributed by atoms with Crippen molar-refractivity contribution in [3.05, 3.63) is 11.6 Å². The number of carbonyl (C=O) groups excluding carboxylic acids is 1. The maximum atomic E-state index is 10.5. The highest BCUT2D eigenvalue weighted by atomic mass is 35.5. The fourth-order valence-electron chi connectivity index (χ4n) is 0.793. The Labute approximate surface area is 73.4 Å². The Kier molecular flexibility index (Phi) is 6.24. The molecule has 0 rings (SSSR count). The van der Waals surface area contributed by atoms with Gasteiger partial charge in [0.1, 0.15) is 0 Å². The Balaban J connectivity index is 3.48. The maximum absolute atomic E-state index is 10.5. The lowest BCUT2D eigenvalue weighted by molar-refractivity contribution is -0.108. The predicted octanol–water partition coefficient (Wildman–Crippen LogP) is 3.28. The van der Waals surface area contributed by atoms with E-state index in [0.29, 0.717) is 5.57 Å². The van der Waals surface area contributed by atoms with Crippen LogP contribution in [0.25, 0.3) is 0 Å². The Morgan fingerprint density at radius 2 is 2.09 bits per heavy atom. The molecule has 0 aliphatic heterocycles. The van der Waals surface area contributed by atoms with Crippen LogP contribution in [-0.4, -0.2) is 5.24 Å². The number of halogens is 1. The zero-order valence-corrected chi connectivity index (χ0v) is 7.95. The molecule has 0 amide bonds. The van der Waals surface area contributed by atoms with Crippen LogP contribution < -0.4 is 0 Å². The average molecular weight is 175 g/mol. The Bertz CT molecular complexity index is 150. The van der Waals surface area contributed by atoms with Crippen molar-refractivity contribution in [1.29, 1.82) is 0 Å². The molecule has 1 nitrogen and oxygen atoms in total. The van der Waals surface area contributed by atoms with Gasteiger partial charge in [-0.05, 0) is 31.4 Å². The van der Waals surface area contributed by atoms with Crippen LogP contribution >= 0.6 is 11.6 Å². The van der Waals surface area contributed by atoms with Crippen LogP contribution in [0.3, 0.4) is 0 Å². The van der Waals surface area contributed by atoms with E-state index in [1.54, 1.807) is 6.92 Å². The summed E-state index contributed by atoms with van der Waals surface area (Å²) in [5, 5.41) is -0.332. The van der Waals surface area contributed by atoms with Gasteiger partial charge < -0.3 is 0 Å². The number of unbranched alkanes of at least 4 members (excludes halogenated alkanes) is 3. The van der Waals surface area contributed by atoms with E-state index in [9.17, 15) is 4.79 Å². The van der Waals surface area contributed by atoms with Gasteiger partial charge in [-0.15, -0.1) is 0 Å². The van der Waals surface area contributed by atoms with Gasteiger partial charge in [0.05, 0.1) is 0 Å². The second-order valence-corrected chi connectivity index (χ2v) is 3.00. The van der Waals surface area contributed by atoms with Crippen LogP contribution in [0.5, 0.6) is 0 Å². The van der Waals surface area contributed by atoms with Gasteiger partial charge in [0.25, 0.3) is 0 Å².